The van der Waals surface area contributed by atoms with E-state index in [4.69, 9.17) is 10.8 Å². The Morgan fingerprint density at radius 1 is 1.26 bits per heavy atom. The van der Waals surface area contributed by atoms with E-state index in [9.17, 15) is 13.2 Å². The predicted octanol–water partition coefficient (Wildman–Crippen LogP) is 1.71. The van der Waals surface area contributed by atoms with Gasteiger partial charge < -0.3 is 10.8 Å². The van der Waals surface area contributed by atoms with Crippen molar-refractivity contribution in [2.24, 2.45) is 0 Å². The van der Waals surface area contributed by atoms with Crippen LogP contribution in [0.4, 0.5) is 5.69 Å². The van der Waals surface area contributed by atoms with Gasteiger partial charge in [0.05, 0.1) is 27.2 Å². The smallest absolute Gasteiger partial charge is 0.337 e. The van der Waals surface area contributed by atoms with Gasteiger partial charge in [-0.25, -0.2) is 18.2 Å². The number of carbonyl (C=O) groups is 1. The number of fused-ring (bicyclic) bond motifs is 1. The number of benzene rings is 2. The number of hydrogen-bond donors (Lipinski definition) is 2. The molecule has 0 aliphatic heterocycles. The van der Waals surface area contributed by atoms with Gasteiger partial charge in [-0.2, -0.15) is 0 Å². The first-order valence-electron chi connectivity index (χ1n) is 6.58. The molecule has 7 nitrogen and oxygen atoms in total. The van der Waals surface area contributed by atoms with E-state index in [1.807, 2.05) is 6.07 Å². The zero-order valence-corrected chi connectivity index (χ0v) is 12.9. The molecule has 8 heteroatoms. The van der Waals surface area contributed by atoms with E-state index in [1.165, 1.54) is 12.4 Å². The standard InChI is InChI=1S/C15H13N3O4S/c1-23(21,22)14-6-9(15(19)20)10(16)7-13(14)18-8-17-11-4-2-3-5-12(11)18/h2-8H,16H2,1H3,(H,19,20). The van der Waals surface area contributed by atoms with Gasteiger partial charge in [-0.15, -0.1) is 0 Å². The molecule has 118 valence electrons. The molecular weight excluding hydrogens is 318 g/mol. The van der Waals surface area contributed by atoms with Gasteiger partial charge in [0.2, 0.25) is 0 Å². The average molecular weight is 331 g/mol. The highest BCUT2D eigenvalue weighted by Gasteiger charge is 2.21. The van der Waals surface area contributed by atoms with Crippen LogP contribution in [0.2, 0.25) is 0 Å². The number of para-hydroxylation sites is 2. The molecule has 0 bridgehead atoms. The summed E-state index contributed by atoms with van der Waals surface area (Å²) < 4.78 is 25.8. The van der Waals surface area contributed by atoms with Crippen molar-refractivity contribution in [1.82, 2.24) is 9.55 Å². The fraction of sp³-hybridized carbons (Fsp3) is 0.0667. The van der Waals surface area contributed by atoms with Crippen molar-refractivity contribution in [2.75, 3.05) is 12.0 Å². The maximum absolute atomic E-state index is 12.1. The largest absolute Gasteiger partial charge is 0.478 e. The summed E-state index contributed by atoms with van der Waals surface area (Å²) in [6, 6.07) is 9.62. The maximum atomic E-state index is 12.1. The van der Waals surface area contributed by atoms with Gasteiger partial charge in [-0.1, -0.05) is 12.1 Å². The van der Waals surface area contributed by atoms with Crippen LogP contribution in [0.1, 0.15) is 10.4 Å². The Morgan fingerprint density at radius 3 is 2.61 bits per heavy atom. The van der Waals surface area contributed by atoms with Crippen LogP contribution < -0.4 is 5.73 Å². The monoisotopic (exact) mass is 331 g/mol. The first-order chi connectivity index (χ1) is 10.8. The van der Waals surface area contributed by atoms with Crippen LogP contribution in [0.25, 0.3) is 16.7 Å². The molecule has 2 aromatic carbocycles. The summed E-state index contributed by atoms with van der Waals surface area (Å²) in [5.74, 6) is -1.28. The number of carboxylic acid groups (broad SMARTS) is 1. The lowest BCUT2D eigenvalue weighted by molar-refractivity contribution is 0.0698. The number of aromatic nitrogens is 2. The molecule has 3 N–H and O–H groups in total. The number of rotatable bonds is 3. The highest BCUT2D eigenvalue weighted by molar-refractivity contribution is 7.90. The number of nitrogen functional groups attached to an aromatic ring is 1. The van der Waals surface area contributed by atoms with Crippen LogP contribution in [-0.2, 0) is 9.84 Å². The number of nitrogens with two attached hydrogens (primary N) is 1. The quantitative estimate of drug-likeness (QED) is 0.706. The SMILES string of the molecule is CS(=O)(=O)c1cc(C(=O)O)c(N)cc1-n1cnc2ccccc21. The van der Waals surface area contributed by atoms with E-state index in [0.717, 1.165) is 12.3 Å². The molecular formula is C15H13N3O4S. The van der Waals surface area contributed by atoms with Gasteiger partial charge in [0, 0.05) is 11.9 Å². The summed E-state index contributed by atoms with van der Waals surface area (Å²) in [5, 5.41) is 9.16. The second-order valence-corrected chi connectivity index (χ2v) is 7.07. The summed E-state index contributed by atoms with van der Waals surface area (Å²) in [5.41, 5.74) is 7.16. The summed E-state index contributed by atoms with van der Waals surface area (Å²) in [7, 11) is -3.67. The lowest BCUT2D eigenvalue weighted by Gasteiger charge is -2.13. The molecule has 0 amide bonds. The Bertz CT molecular complexity index is 1040. The summed E-state index contributed by atoms with van der Waals surface area (Å²) >= 11 is 0. The third kappa shape index (κ3) is 2.53. The van der Waals surface area contributed by atoms with Crippen molar-refractivity contribution in [3.8, 4) is 5.69 Å². The minimum Gasteiger partial charge on any atom is -0.478 e. The van der Waals surface area contributed by atoms with Crippen molar-refractivity contribution >= 4 is 32.5 Å². The van der Waals surface area contributed by atoms with E-state index in [1.54, 1.807) is 22.8 Å². The maximum Gasteiger partial charge on any atom is 0.337 e. The van der Waals surface area contributed by atoms with Crippen LogP contribution in [-0.4, -0.2) is 35.3 Å². The third-order valence-corrected chi connectivity index (χ3v) is 4.60. The van der Waals surface area contributed by atoms with Gasteiger partial charge in [0.25, 0.3) is 0 Å². The molecule has 0 saturated heterocycles. The highest BCUT2D eigenvalue weighted by atomic mass is 32.2. The number of imidazole rings is 1. The van der Waals surface area contributed by atoms with Crippen molar-refractivity contribution < 1.29 is 18.3 Å². The number of sulfone groups is 1. The van der Waals surface area contributed by atoms with Crippen molar-refractivity contribution in [3.05, 3.63) is 48.3 Å². The molecule has 0 unspecified atom stereocenters. The first kappa shape index (κ1) is 15.0. The molecule has 1 aromatic heterocycles. The van der Waals surface area contributed by atoms with E-state index in [2.05, 4.69) is 4.98 Å². The first-order valence-corrected chi connectivity index (χ1v) is 8.47. The van der Waals surface area contributed by atoms with Gasteiger partial charge in [0.1, 0.15) is 6.33 Å². The molecule has 0 radical (unpaired) electrons. The Kier molecular flexibility index (Phi) is 3.33. The Labute approximate surface area is 131 Å². The van der Waals surface area contributed by atoms with Gasteiger partial charge in [0.15, 0.2) is 9.84 Å². The van der Waals surface area contributed by atoms with Crippen LogP contribution in [0.3, 0.4) is 0 Å². The number of hydrogen-bond acceptors (Lipinski definition) is 5. The Morgan fingerprint density at radius 2 is 1.96 bits per heavy atom. The topological polar surface area (TPSA) is 115 Å². The Hall–Kier alpha value is -2.87. The predicted molar refractivity (Wildman–Crippen MR) is 85.6 cm³/mol. The fourth-order valence-corrected chi connectivity index (χ4v) is 3.28. The summed E-state index contributed by atoms with van der Waals surface area (Å²) in [4.78, 5) is 15.3. The van der Waals surface area contributed by atoms with Crippen LogP contribution in [0.5, 0.6) is 0 Å². The molecule has 3 rings (SSSR count). The second-order valence-electron chi connectivity index (χ2n) is 5.09. The van der Waals surface area contributed by atoms with Crippen molar-refractivity contribution in [2.45, 2.75) is 4.90 Å². The number of aromatic carboxylic acids is 1. The normalized spacial score (nSPS) is 11.7. The zero-order valence-electron chi connectivity index (χ0n) is 12.1. The second kappa shape index (κ2) is 5.10. The van der Waals surface area contributed by atoms with Crippen LogP contribution in [0, 0.1) is 0 Å². The van der Waals surface area contributed by atoms with Crippen molar-refractivity contribution in [3.63, 3.8) is 0 Å². The molecule has 0 aliphatic carbocycles. The van der Waals surface area contributed by atoms with Crippen LogP contribution in [0.15, 0.2) is 47.6 Å². The molecule has 0 atom stereocenters. The Balaban J connectivity index is 2.39. The van der Waals surface area contributed by atoms with E-state index in [-0.39, 0.29) is 21.8 Å². The van der Waals surface area contributed by atoms with E-state index >= 15 is 0 Å². The lowest BCUT2D eigenvalue weighted by Crippen LogP contribution is -2.10. The van der Waals surface area contributed by atoms with Gasteiger partial charge in [-0.3, -0.25) is 4.57 Å². The molecule has 0 spiro atoms. The molecule has 0 aliphatic rings. The summed E-state index contributed by atoms with van der Waals surface area (Å²) in [6.07, 6.45) is 2.50. The highest BCUT2D eigenvalue weighted by Crippen LogP contribution is 2.29. The fourth-order valence-electron chi connectivity index (χ4n) is 2.41. The van der Waals surface area contributed by atoms with E-state index < -0.39 is 15.8 Å². The third-order valence-electron chi connectivity index (χ3n) is 3.47. The average Bonchev–Trinajstić information content (AvgIpc) is 2.89. The van der Waals surface area contributed by atoms with Crippen LogP contribution >= 0.6 is 0 Å². The van der Waals surface area contributed by atoms with E-state index in [0.29, 0.717) is 11.0 Å². The molecule has 0 fully saturated rings. The number of carboxylic acids is 1. The summed E-state index contributed by atoms with van der Waals surface area (Å²) in [6.45, 7) is 0. The van der Waals surface area contributed by atoms with Gasteiger partial charge in [-0.05, 0) is 24.3 Å². The lowest BCUT2D eigenvalue weighted by atomic mass is 10.1. The van der Waals surface area contributed by atoms with Crippen molar-refractivity contribution in [1.29, 1.82) is 0 Å². The zero-order chi connectivity index (χ0) is 16.8. The molecule has 23 heavy (non-hydrogen) atoms. The minimum absolute atomic E-state index is 0.0160. The molecule has 1 heterocycles. The minimum atomic E-state index is -3.67. The number of nitrogens with zero attached hydrogens (tertiary/aromatic N) is 2. The molecule has 3 aromatic rings. The number of anilines is 1. The van der Waals surface area contributed by atoms with Gasteiger partial charge >= 0.3 is 5.97 Å². The molecule has 0 saturated carbocycles.